The van der Waals surface area contributed by atoms with Crippen LogP contribution in [0.5, 0.6) is 0 Å². The highest BCUT2D eigenvalue weighted by atomic mass is 35.5. The molecule has 0 aromatic carbocycles. The van der Waals surface area contributed by atoms with Crippen molar-refractivity contribution in [1.29, 1.82) is 0 Å². The van der Waals surface area contributed by atoms with Gasteiger partial charge in [0.15, 0.2) is 0 Å². The van der Waals surface area contributed by atoms with Crippen LogP contribution in [0.4, 0.5) is 5.82 Å². The molecule has 1 aromatic heterocycles. The molecule has 0 amide bonds. The van der Waals surface area contributed by atoms with Crippen molar-refractivity contribution >= 4 is 17.4 Å². The summed E-state index contributed by atoms with van der Waals surface area (Å²) in [7, 11) is 0. The lowest BCUT2D eigenvalue weighted by molar-refractivity contribution is 0.653. The van der Waals surface area contributed by atoms with E-state index >= 15 is 0 Å². The molecule has 0 saturated carbocycles. The molecule has 1 aliphatic carbocycles. The standard InChI is InChI=1S/C13H20ClN3/c1-9(14)7-10(2)17-13-11-5-3-4-6-12(11)15-8-16-13/h8-10H,3-7H2,1-2H3,(H,15,16,17). The molecule has 94 valence electrons. The second-order valence-electron chi connectivity index (χ2n) is 4.92. The lowest BCUT2D eigenvalue weighted by Gasteiger charge is -2.21. The van der Waals surface area contributed by atoms with E-state index in [1.165, 1.54) is 24.1 Å². The smallest absolute Gasteiger partial charge is 0.133 e. The topological polar surface area (TPSA) is 37.8 Å². The van der Waals surface area contributed by atoms with Crippen LogP contribution >= 0.6 is 11.6 Å². The first-order chi connectivity index (χ1) is 8.16. The van der Waals surface area contributed by atoms with Crippen LogP contribution in [0.2, 0.25) is 0 Å². The summed E-state index contributed by atoms with van der Waals surface area (Å²) in [4.78, 5) is 8.74. The lowest BCUT2D eigenvalue weighted by Crippen LogP contribution is -2.21. The fourth-order valence-electron chi connectivity index (χ4n) is 2.43. The van der Waals surface area contributed by atoms with E-state index in [1.54, 1.807) is 6.33 Å². The van der Waals surface area contributed by atoms with E-state index in [1.807, 2.05) is 6.92 Å². The van der Waals surface area contributed by atoms with Crippen molar-refractivity contribution in [3.05, 3.63) is 17.6 Å². The highest BCUT2D eigenvalue weighted by Crippen LogP contribution is 2.25. The zero-order chi connectivity index (χ0) is 12.3. The molecule has 1 heterocycles. The molecule has 0 bridgehead atoms. The van der Waals surface area contributed by atoms with Crippen molar-refractivity contribution in [2.75, 3.05) is 5.32 Å². The molecule has 1 aliphatic rings. The number of rotatable bonds is 4. The summed E-state index contributed by atoms with van der Waals surface area (Å²) < 4.78 is 0. The highest BCUT2D eigenvalue weighted by molar-refractivity contribution is 6.20. The summed E-state index contributed by atoms with van der Waals surface area (Å²) in [5, 5.41) is 3.66. The van der Waals surface area contributed by atoms with Gasteiger partial charge in [-0.3, -0.25) is 0 Å². The van der Waals surface area contributed by atoms with Gasteiger partial charge in [-0.2, -0.15) is 0 Å². The minimum absolute atomic E-state index is 0.190. The SMILES string of the molecule is CC(Cl)CC(C)Nc1ncnc2c1CCCC2. The van der Waals surface area contributed by atoms with Gasteiger partial charge in [-0.25, -0.2) is 9.97 Å². The van der Waals surface area contributed by atoms with Crippen LogP contribution in [-0.4, -0.2) is 21.4 Å². The third-order valence-electron chi connectivity index (χ3n) is 3.19. The van der Waals surface area contributed by atoms with Gasteiger partial charge in [-0.1, -0.05) is 0 Å². The predicted octanol–water partition coefficient (Wildman–Crippen LogP) is 3.17. The summed E-state index contributed by atoms with van der Waals surface area (Å²) in [6.45, 7) is 4.17. The highest BCUT2D eigenvalue weighted by Gasteiger charge is 2.16. The summed E-state index contributed by atoms with van der Waals surface area (Å²) in [6.07, 6.45) is 7.30. The van der Waals surface area contributed by atoms with Gasteiger partial charge in [-0.15, -0.1) is 11.6 Å². The number of nitrogens with one attached hydrogen (secondary N) is 1. The Hall–Kier alpha value is -0.830. The quantitative estimate of drug-likeness (QED) is 0.838. The maximum Gasteiger partial charge on any atom is 0.133 e. The number of fused-ring (bicyclic) bond motifs is 1. The Balaban J connectivity index is 2.10. The zero-order valence-corrected chi connectivity index (χ0v) is 11.3. The van der Waals surface area contributed by atoms with Gasteiger partial charge in [0.2, 0.25) is 0 Å². The molecule has 0 radical (unpaired) electrons. The average Bonchev–Trinajstić information content (AvgIpc) is 2.28. The van der Waals surface area contributed by atoms with E-state index < -0.39 is 0 Å². The first-order valence-corrected chi connectivity index (χ1v) is 6.84. The minimum atomic E-state index is 0.190. The Bertz CT molecular complexity index is 379. The van der Waals surface area contributed by atoms with Crippen molar-refractivity contribution < 1.29 is 0 Å². The Labute approximate surface area is 108 Å². The van der Waals surface area contributed by atoms with E-state index in [0.29, 0.717) is 6.04 Å². The van der Waals surface area contributed by atoms with E-state index in [-0.39, 0.29) is 5.38 Å². The van der Waals surface area contributed by atoms with Crippen molar-refractivity contribution in [2.45, 2.75) is 57.4 Å². The van der Waals surface area contributed by atoms with Crippen molar-refractivity contribution in [3.8, 4) is 0 Å². The van der Waals surface area contributed by atoms with Crippen LogP contribution in [0.1, 0.15) is 44.4 Å². The molecule has 2 unspecified atom stereocenters. The third kappa shape index (κ3) is 3.32. The summed E-state index contributed by atoms with van der Waals surface area (Å²) >= 11 is 6.01. The molecular weight excluding hydrogens is 234 g/mol. The summed E-state index contributed by atoms with van der Waals surface area (Å²) in [5.41, 5.74) is 2.53. The Morgan fingerprint density at radius 3 is 2.82 bits per heavy atom. The molecular formula is C13H20ClN3. The summed E-state index contributed by atoms with van der Waals surface area (Å²) in [5.74, 6) is 1.01. The van der Waals surface area contributed by atoms with Crippen molar-refractivity contribution in [3.63, 3.8) is 0 Å². The van der Waals surface area contributed by atoms with Crippen LogP contribution in [-0.2, 0) is 12.8 Å². The fraction of sp³-hybridized carbons (Fsp3) is 0.692. The van der Waals surface area contributed by atoms with Gasteiger partial charge in [0.1, 0.15) is 12.1 Å². The molecule has 1 aromatic rings. The van der Waals surface area contributed by atoms with Gasteiger partial charge in [0.05, 0.1) is 0 Å². The number of alkyl halides is 1. The van der Waals surface area contributed by atoms with Crippen LogP contribution in [0.25, 0.3) is 0 Å². The molecule has 4 heteroatoms. The number of aromatic nitrogens is 2. The normalized spacial score (nSPS) is 18.3. The molecule has 3 nitrogen and oxygen atoms in total. The first kappa shape index (κ1) is 12.6. The Morgan fingerprint density at radius 1 is 1.29 bits per heavy atom. The zero-order valence-electron chi connectivity index (χ0n) is 10.5. The monoisotopic (exact) mass is 253 g/mol. The molecule has 0 saturated heterocycles. The maximum atomic E-state index is 6.01. The van der Waals surface area contributed by atoms with E-state index in [9.17, 15) is 0 Å². The first-order valence-electron chi connectivity index (χ1n) is 6.40. The number of halogens is 1. The Kier molecular flexibility index (Phi) is 4.21. The predicted molar refractivity (Wildman–Crippen MR) is 71.7 cm³/mol. The number of aryl methyl sites for hydroxylation is 1. The van der Waals surface area contributed by atoms with Gasteiger partial charge in [0.25, 0.3) is 0 Å². The van der Waals surface area contributed by atoms with Crippen LogP contribution < -0.4 is 5.32 Å². The van der Waals surface area contributed by atoms with E-state index in [2.05, 4.69) is 22.2 Å². The van der Waals surface area contributed by atoms with Crippen LogP contribution in [0.15, 0.2) is 6.33 Å². The van der Waals surface area contributed by atoms with E-state index in [4.69, 9.17) is 11.6 Å². The fourth-order valence-corrected chi connectivity index (χ4v) is 2.69. The molecule has 0 fully saturated rings. The second-order valence-corrected chi connectivity index (χ2v) is 5.66. The second kappa shape index (κ2) is 5.67. The molecule has 2 rings (SSSR count). The average molecular weight is 254 g/mol. The van der Waals surface area contributed by atoms with Crippen molar-refractivity contribution in [2.24, 2.45) is 0 Å². The van der Waals surface area contributed by atoms with Crippen molar-refractivity contribution in [1.82, 2.24) is 9.97 Å². The third-order valence-corrected chi connectivity index (χ3v) is 3.36. The maximum absolute atomic E-state index is 6.01. The molecule has 17 heavy (non-hydrogen) atoms. The van der Waals surface area contributed by atoms with Gasteiger partial charge in [0, 0.05) is 22.7 Å². The number of anilines is 1. The molecule has 0 spiro atoms. The van der Waals surface area contributed by atoms with Gasteiger partial charge < -0.3 is 5.32 Å². The minimum Gasteiger partial charge on any atom is -0.367 e. The molecule has 1 N–H and O–H groups in total. The number of nitrogens with zero attached hydrogens (tertiary/aromatic N) is 2. The van der Waals surface area contributed by atoms with Gasteiger partial charge >= 0.3 is 0 Å². The molecule has 0 aliphatic heterocycles. The van der Waals surface area contributed by atoms with Crippen LogP contribution in [0, 0.1) is 0 Å². The number of hydrogen-bond donors (Lipinski definition) is 1. The lowest BCUT2D eigenvalue weighted by atomic mass is 9.96. The van der Waals surface area contributed by atoms with Gasteiger partial charge in [-0.05, 0) is 46.0 Å². The Morgan fingerprint density at radius 2 is 2.06 bits per heavy atom. The van der Waals surface area contributed by atoms with E-state index in [0.717, 1.165) is 25.1 Å². The largest absolute Gasteiger partial charge is 0.367 e. The summed E-state index contributed by atoms with van der Waals surface area (Å²) in [6, 6.07) is 0.350. The molecule has 2 atom stereocenters. The van der Waals surface area contributed by atoms with Crippen LogP contribution in [0.3, 0.4) is 0 Å². The number of hydrogen-bond acceptors (Lipinski definition) is 3.